The standard InChI is InChI=1S/C17H25N3O3/c21-17-8-4-3-7-16(17)19-11-9-13(10-12-19)18-14-5-1-2-6-15(14)20(22)23/h1-2,5-6,13,16-18,21H,3-4,7-12H2. The summed E-state index contributed by atoms with van der Waals surface area (Å²) in [4.78, 5) is 13.2. The summed E-state index contributed by atoms with van der Waals surface area (Å²) in [5.74, 6) is 0. The molecule has 1 aliphatic carbocycles. The number of para-hydroxylation sites is 2. The van der Waals surface area contributed by atoms with Crippen molar-refractivity contribution in [2.45, 2.75) is 56.7 Å². The van der Waals surface area contributed by atoms with Gasteiger partial charge in [0.1, 0.15) is 5.69 Å². The first kappa shape index (κ1) is 16.2. The van der Waals surface area contributed by atoms with Crippen LogP contribution >= 0.6 is 0 Å². The molecule has 2 N–H and O–H groups in total. The molecule has 0 spiro atoms. The van der Waals surface area contributed by atoms with Crippen molar-refractivity contribution < 1.29 is 10.0 Å². The molecule has 0 aromatic heterocycles. The maximum absolute atomic E-state index is 11.1. The zero-order valence-corrected chi connectivity index (χ0v) is 13.4. The van der Waals surface area contributed by atoms with Crippen molar-refractivity contribution in [3.05, 3.63) is 34.4 Å². The van der Waals surface area contributed by atoms with Gasteiger partial charge in [-0.1, -0.05) is 25.0 Å². The van der Waals surface area contributed by atoms with Crippen molar-refractivity contribution in [3.63, 3.8) is 0 Å². The topological polar surface area (TPSA) is 78.6 Å². The Bertz CT molecular complexity index is 544. The van der Waals surface area contributed by atoms with Crippen molar-refractivity contribution in [3.8, 4) is 0 Å². The Morgan fingerprint density at radius 3 is 2.52 bits per heavy atom. The summed E-state index contributed by atoms with van der Waals surface area (Å²) in [7, 11) is 0. The van der Waals surface area contributed by atoms with Crippen LogP contribution in [0.15, 0.2) is 24.3 Å². The van der Waals surface area contributed by atoms with Crippen molar-refractivity contribution in [2.75, 3.05) is 18.4 Å². The maximum atomic E-state index is 11.1. The van der Waals surface area contributed by atoms with Gasteiger partial charge in [-0.05, 0) is 31.7 Å². The number of aliphatic hydroxyl groups is 1. The van der Waals surface area contributed by atoms with E-state index in [9.17, 15) is 15.2 Å². The molecule has 0 amide bonds. The lowest BCUT2D eigenvalue weighted by molar-refractivity contribution is -0.384. The minimum absolute atomic E-state index is 0.137. The fourth-order valence-electron chi connectivity index (χ4n) is 3.87. The van der Waals surface area contributed by atoms with Gasteiger partial charge in [-0.2, -0.15) is 0 Å². The van der Waals surface area contributed by atoms with Crippen molar-refractivity contribution >= 4 is 11.4 Å². The summed E-state index contributed by atoms with van der Waals surface area (Å²) in [5, 5.41) is 24.6. The van der Waals surface area contributed by atoms with Crippen LogP contribution in [0.25, 0.3) is 0 Å². The molecule has 0 radical (unpaired) electrons. The lowest BCUT2D eigenvalue weighted by Crippen LogP contribution is -2.50. The van der Waals surface area contributed by atoms with Gasteiger partial charge in [-0.25, -0.2) is 0 Å². The third-order valence-electron chi connectivity index (χ3n) is 5.15. The molecule has 6 heteroatoms. The molecule has 1 saturated heterocycles. The first-order valence-electron chi connectivity index (χ1n) is 8.57. The van der Waals surface area contributed by atoms with Gasteiger partial charge in [0.2, 0.25) is 0 Å². The Morgan fingerprint density at radius 1 is 1.13 bits per heavy atom. The first-order chi connectivity index (χ1) is 11.1. The number of likely N-dealkylation sites (tertiary alicyclic amines) is 1. The number of nitrogens with one attached hydrogen (secondary N) is 1. The third kappa shape index (κ3) is 3.82. The van der Waals surface area contributed by atoms with E-state index < -0.39 is 0 Å². The van der Waals surface area contributed by atoms with E-state index in [-0.39, 0.29) is 22.8 Å². The monoisotopic (exact) mass is 319 g/mol. The molecular formula is C17H25N3O3. The van der Waals surface area contributed by atoms with Crippen LogP contribution in [-0.4, -0.2) is 46.2 Å². The minimum Gasteiger partial charge on any atom is -0.391 e. The lowest BCUT2D eigenvalue weighted by Gasteiger charge is -2.41. The second-order valence-electron chi connectivity index (χ2n) is 6.65. The number of benzene rings is 1. The number of anilines is 1. The number of aliphatic hydroxyl groups excluding tert-OH is 1. The van der Waals surface area contributed by atoms with Crippen LogP contribution in [0, 0.1) is 10.1 Å². The van der Waals surface area contributed by atoms with Crippen LogP contribution in [0.2, 0.25) is 0 Å². The largest absolute Gasteiger partial charge is 0.391 e. The average molecular weight is 319 g/mol. The predicted molar refractivity (Wildman–Crippen MR) is 89.6 cm³/mol. The quantitative estimate of drug-likeness (QED) is 0.659. The lowest BCUT2D eigenvalue weighted by atomic mass is 9.89. The zero-order chi connectivity index (χ0) is 16.2. The van der Waals surface area contributed by atoms with E-state index in [2.05, 4.69) is 10.2 Å². The minimum atomic E-state index is -0.337. The second-order valence-corrected chi connectivity index (χ2v) is 6.65. The van der Waals surface area contributed by atoms with Gasteiger partial charge in [0, 0.05) is 31.2 Å². The van der Waals surface area contributed by atoms with Gasteiger partial charge in [-0.3, -0.25) is 15.0 Å². The first-order valence-corrected chi connectivity index (χ1v) is 8.57. The zero-order valence-electron chi connectivity index (χ0n) is 13.4. The highest BCUT2D eigenvalue weighted by molar-refractivity contribution is 5.61. The summed E-state index contributed by atoms with van der Waals surface area (Å²) in [5.41, 5.74) is 0.742. The van der Waals surface area contributed by atoms with Gasteiger partial charge >= 0.3 is 0 Å². The van der Waals surface area contributed by atoms with E-state index >= 15 is 0 Å². The summed E-state index contributed by atoms with van der Waals surface area (Å²) in [6.07, 6.45) is 6.06. The Kier molecular flexibility index (Phi) is 5.13. The smallest absolute Gasteiger partial charge is 0.292 e. The number of piperidine rings is 1. The highest BCUT2D eigenvalue weighted by Gasteiger charge is 2.31. The molecule has 0 bridgehead atoms. The van der Waals surface area contributed by atoms with Crippen LogP contribution in [0.1, 0.15) is 38.5 Å². The second kappa shape index (κ2) is 7.27. The van der Waals surface area contributed by atoms with Crippen LogP contribution in [0.4, 0.5) is 11.4 Å². The molecule has 2 atom stereocenters. The van der Waals surface area contributed by atoms with E-state index in [1.807, 2.05) is 6.07 Å². The Labute approximate surface area is 136 Å². The summed E-state index contributed by atoms with van der Waals surface area (Å²) >= 11 is 0. The van der Waals surface area contributed by atoms with Crippen LogP contribution in [0.5, 0.6) is 0 Å². The van der Waals surface area contributed by atoms with E-state index in [0.717, 1.165) is 45.2 Å². The van der Waals surface area contributed by atoms with Crippen molar-refractivity contribution in [1.82, 2.24) is 4.90 Å². The molecule has 2 unspecified atom stereocenters. The summed E-state index contributed by atoms with van der Waals surface area (Å²) in [6, 6.07) is 7.38. The molecule has 2 fully saturated rings. The molecule has 1 aromatic carbocycles. The Morgan fingerprint density at radius 2 is 1.83 bits per heavy atom. The molecule has 2 aliphatic rings. The summed E-state index contributed by atoms with van der Waals surface area (Å²) < 4.78 is 0. The van der Waals surface area contributed by atoms with Crippen molar-refractivity contribution in [1.29, 1.82) is 0 Å². The van der Waals surface area contributed by atoms with Gasteiger partial charge in [0.05, 0.1) is 11.0 Å². The fraction of sp³-hybridized carbons (Fsp3) is 0.647. The van der Waals surface area contributed by atoms with Gasteiger partial charge < -0.3 is 10.4 Å². The molecule has 6 nitrogen and oxygen atoms in total. The number of hydrogen-bond acceptors (Lipinski definition) is 5. The third-order valence-corrected chi connectivity index (χ3v) is 5.15. The molecule has 126 valence electrons. The highest BCUT2D eigenvalue weighted by atomic mass is 16.6. The molecule has 1 saturated carbocycles. The number of nitrogens with zero attached hydrogens (tertiary/aromatic N) is 2. The highest BCUT2D eigenvalue weighted by Crippen LogP contribution is 2.29. The molecular weight excluding hydrogens is 294 g/mol. The van der Waals surface area contributed by atoms with Crippen LogP contribution in [-0.2, 0) is 0 Å². The molecule has 1 heterocycles. The van der Waals surface area contributed by atoms with E-state index in [4.69, 9.17) is 0 Å². The molecule has 1 aliphatic heterocycles. The molecule has 1 aromatic rings. The Hall–Kier alpha value is -1.66. The number of nitro groups is 1. The average Bonchev–Trinajstić information content (AvgIpc) is 2.56. The fourth-order valence-corrected chi connectivity index (χ4v) is 3.87. The van der Waals surface area contributed by atoms with Crippen LogP contribution < -0.4 is 5.32 Å². The number of nitro benzene ring substituents is 1. The van der Waals surface area contributed by atoms with E-state index in [1.165, 1.54) is 12.5 Å². The molecule has 3 rings (SSSR count). The van der Waals surface area contributed by atoms with Gasteiger partial charge in [0.15, 0.2) is 0 Å². The van der Waals surface area contributed by atoms with E-state index in [1.54, 1.807) is 12.1 Å². The summed E-state index contributed by atoms with van der Waals surface area (Å²) in [6.45, 7) is 1.89. The molecule has 23 heavy (non-hydrogen) atoms. The van der Waals surface area contributed by atoms with E-state index in [0.29, 0.717) is 11.7 Å². The van der Waals surface area contributed by atoms with Crippen LogP contribution in [0.3, 0.4) is 0 Å². The Balaban J connectivity index is 1.56. The van der Waals surface area contributed by atoms with Gasteiger partial charge in [-0.15, -0.1) is 0 Å². The number of hydrogen-bond donors (Lipinski definition) is 2. The SMILES string of the molecule is O=[N+]([O-])c1ccccc1NC1CCN(C2CCCCC2O)CC1. The maximum Gasteiger partial charge on any atom is 0.292 e. The number of rotatable bonds is 4. The van der Waals surface area contributed by atoms with Crippen molar-refractivity contribution in [2.24, 2.45) is 0 Å². The van der Waals surface area contributed by atoms with Gasteiger partial charge in [0.25, 0.3) is 5.69 Å². The predicted octanol–water partition coefficient (Wildman–Crippen LogP) is 2.77. The normalized spacial score (nSPS) is 26.8.